The average Bonchev–Trinajstić information content (AvgIpc) is 3.85. The van der Waals surface area contributed by atoms with Crippen LogP contribution in [0.4, 0.5) is 0 Å². The van der Waals surface area contributed by atoms with Gasteiger partial charge in [0, 0.05) is 32.7 Å². The van der Waals surface area contributed by atoms with Gasteiger partial charge in [0.25, 0.3) is 0 Å². The molecular weight excluding hydrogens is 687 g/mol. The van der Waals surface area contributed by atoms with Crippen LogP contribution in [0.2, 0.25) is 0 Å². The predicted molar refractivity (Wildman–Crippen MR) is 227 cm³/mol. The third kappa shape index (κ3) is 5.45. The summed E-state index contributed by atoms with van der Waals surface area (Å²) < 4.78 is 13.0. The van der Waals surface area contributed by atoms with E-state index in [1.165, 1.54) is 0 Å². The summed E-state index contributed by atoms with van der Waals surface area (Å²) in [6.45, 7) is 0. The summed E-state index contributed by atoms with van der Waals surface area (Å²) in [6.07, 6.45) is 0. The van der Waals surface area contributed by atoms with E-state index in [0.717, 1.165) is 93.9 Å². The van der Waals surface area contributed by atoms with Gasteiger partial charge in [0.1, 0.15) is 22.3 Å². The van der Waals surface area contributed by atoms with Crippen molar-refractivity contribution < 1.29 is 8.83 Å². The molecule has 0 N–H and O–H groups in total. The zero-order chi connectivity index (χ0) is 37.0. The fourth-order valence-corrected chi connectivity index (χ4v) is 7.83. The van der Waals surface area contributed by atoms with Gasteiger partial charge in [-0.3, -0.25) is 0 Å². The van der Waals surface area contributed by atoms with E-state index in [2.05, 4.69) is 146 Å². The summed E-state index contributed by atoms with van der Waals surface area (Å²) in [7, 11) is 0. The Balaban J connectivity index is 1.13. The lowest BCUT2D eigenvalue weighted by Crippen LogP contribution is -2.01. The van der Waals surface area contributed by atoms with Crippen LogP contribution < -0.4 is 0 Å². The summed E-state index contributed by atoms with van der Waals surface area (Å²) >= 11 is 0. The van der Waals surface area contributed by atoms with Crippen LogP contribution in [0.5, 0.6) is 0 Å². The molecule has 3 aromatic heterocycles. The predicted octanol–water partition coefficient (Wildman–Crippen LogP) is 13.7. The molecule has 0 saturated carbocycles. The van der Waals surface area contributed by atoms with Crippen molar-refractivity contribution in [3.05, 3.63) is 188 Å². The smallest absolute Gasteiger partial charge is 0.167 e. The highest BCUT2D eigenvalue weighted by molar-refractivity contribution is 6.17. The molecule has 0 aliphatic rings. The molecule has 0 unspecified atom stereocenters. The first kappa shape index (κ1) is 31.9. The standard InChI is InChI=1S/C51H31N3O2/c1-3-13-32(14-4-1)34-17-11-19-37(29-34)49-52-50(38-20-12-18-35(30-38)33-15-5-2-6-16-33)54-51(53-49)42-27-26-39(47-41-22-8-10-24-45(41)56-48(42)47)36-25-28-46-43(31-36)40-21-7-9-23-44(40)55-46/h1-31H. The molecule has 56 heavy (non-hydrogen) atoms. The Morgan fingerprint density at radius 2 is 0.786 bits per heavy atom. The SMILES string of the molecule is c1ccc(-c2cccc(-c3nc(-c4cccc(-c5ccccc5)c4)nc(-c4ccc(-c5ccc6oc7ccccc7c6c5)c5c4oc4ccccc45)n3)c2)cc1. The van der Waals surface area contributed by atoms with Gasteiger partial charge < -0.3 is 8.83 Å². The molecule has 0 aliphatic heterocycles. The molecule has 0 atom stereocenters. The van der Waals surface area contributed by atoms with Crippen molar-refractivity contribution in [3.63, 3.8) is 0 Å². The first-order valence-corrected chi connectivity index (χ1v) is 18.7. The number of fused-ring (bicyclic) bond motifs is 6. The number of furan rings is 2. The molecule has 0 amide bonds. The Hall–Kier alpha value is -7.63. The van der Waals surface area contributed by atoms with Crippen molar-refractivity contribution >= 4 is 43.9 Å². The van der Waals surface area contributed by atoms with E-state index in [4.69, 9.17) is 23.8 Å². The van der Waals surface area contributed by atoms with E-state index in [-0.39, 0.29) is 0 Å². The number of benzene rings is 8. The van der Waals surface area contributed by atoms with Crippen molar-refractivity contribution in [1.82, 2.24) is 15.0 Å². The topological polar surface area (TPSA) is 65.0 Å². The van der Waals surface area contributed by atoms with E-state index in [0.29, 0.717) is 17.5 Å². The Morgan fingerprint density at radius 1 is 0.286 bits per heavy atom. The molecule has 3 heterocycles. The van der Waals surface area contributed by atoms with Crippen molar-refractivity contribution in [3.8, 4) is 67.5 Å². The van der Waals surface area contributed by atoms with Crippen molar-refractivity contribution in [2.24, 2.45) is 0 Å². The van der Waals surface area contributed by atoms with Crippen molar-refractivity contribution in [1.29, 1.82) is 0 Å². The van der Waals surface area contributed by atoms with Crippen LogP contribution in [0, 0.1) is 0 Å². The fourth-order valence-electron chi connectivity index (χ4n) is 7.83. The minimum absolute atomic E-state index is 0.534. The number of hydrogen-bond acceptors (Lipinski definition) is 5. The normalized spacial score (nSPS) is 11.6. The lowest BCUT2D eigenvalue weighted by atomic mass is 9.95. The van der Waals surface area contributed by atoms with Crippen molar-refractivity contribution in [2.45, 2.75) is 0 Å². The van der Waals surface area contributed by atoms with Gasteiger partial charge >= 0.3 is 0 Å². The first-order valence-electron chi connectivity index (χ1n) is 18.7. The van der Waals surface area contributed by atoms with Gasteiger partial charge in [-0.25, -0.2) is 15.0 Å². The van der Waals surface area contributed by atoms with Crippen LogP contribution in [0.3, 0.4) is 0 Å². The summed E-state index contributed by atoms with van der Waals surface area (Å²) in [6, 6.07) is 64.5. The average molecular weight is 718 g/mol. The van der Waals surface area contributed by atoms with Crippen LogP contribution >= 0.6 is 0 Å². The summed E-state index contributed by atoms with van der Waals surface area (Å²) in [5, 5.41) is 4.19. The van der Waals surface area contributed by atoms with Crippen LogP contribution in [0.25, 0.3) is 111 Å². The molecule has 0 bridgehead atoms. The van der Waals surface area contributed by atoms with Gasteiger partial charge in [-0.05, 0) is 75.8 Å². The van der Waals surface area contributed by atoms with Gasteiger partial charge in [-0.1, -0.05) is 146 Å². The van der Waals surface area contributed by atoms with Gasteiger partial charge in [0.2, 0.25) is 0 Å². The number of rotatable bonds is 6. The van der Waals surface area contributed by atoms with E-state index < -0.39 is 0 Å². The highest BCUT2D eigenvalue weighted by Crippen LogP contribution is 2.43. The van der Waals surface area contributed by atoms with E-state index in [1.54, 1.807) is 0 Å². The molecule has 11 rings (SSSR count). The van der Waals surface area contributed by atoms with Crippen LogP contribution in [-0.4, -0.2) is 15.0 Å². The number of para-hydroxylation sites is 2. The third-order valence-electron chi connectivity index (χ3n) is 10.5. The van der Waals surface area contributed by atoms with Gasteiger partial charge in [0.15, 0.2) is 17.5 Å². The molecule has 5 nitrogen and oxygen atoms in total. The second kappa shape index (κ2) is 13.0. The molecule has 0 radical (unpaired) electrons. The van der Waals surface area contributed by atoms with Crippen molar-refractivity contribution in [2.75, 3.05) is 0 Å². The number of hydrogen-bond donors (Lipinski definition) is 0. The Bertz CT molecular complexity index is 3150. The minimum Gasteiger partial charge on any atom is -0.456 e. The molecule has 8 aromatic carbocycles. The highest BCUT2D eigenvalue weighted by atomic mass is 16.3. The summed E-state index contributed by atoms with van der Waals surface area (Å²) in [4.78, 5) is 15.6. The Kier molecular flexibility index (Phi) is 7.42. The van der Waals surface area contributed by atoms with Gasteiger partial charge in [-0.2, -0.15) is 0 Å². The molecule has 0 aliphatic carbocycles. The summed E-state index contributed by atoms with van der Waals surface area (Å²) in [5.41, 5.74) is 12.4. The lowest BCUT2D eigenvalue weighted by Gasteiger charge is -2.12. The first-order chi connectivity index (χ1) is 27.7. The molecule has 0 saturated heterocycles. The minimum atomic E-state index is 0.534. The van der Waals surface area contributed by atoms with Crippen LogP contribution in [0.1, 0.15) is 0 Å². The maximum absolute atomic E-state index is 6.77. The zero-order valence-electron chi connectivity index (χ0n) is 30.1. The third-order valence-corrected chi connectivity index (χ3v) is 10.5. The largest absolute Gasteiger partial charge is 0.456 e. The number of aromatic nitrogens is 3. The van der Waals surface area contributed by atoms with E-state index in [9.17, 15) is 0 Å². The highest BCUT2D eigenvalue weighted by Gasteiger charge is 2.22. The second-order valence-electron chi connectivity index (χ2n) is 14.0. The fraction of sp³-hybridized carbons (Fsp3) is 0. The van der Waals surface area contributed by atoms with Crippen LogP contribution in [-0.2, 0) is 0 Å². The van der Waals surface area contributed by atoms with E-state index in [1.807, 2.05) is 42.5 Å². The number of nitrogens with zero attached hydrogens (tertiary/aromatic N) is 3. The summed E-state index contributed by atoms with van der Waals surface area (Å²) in [5.74, 6) is 1.70. The van der Waals surface area contributed by atoms with Gasteiger partial charge in [-0.15, -0.1) is 0 Å². The van der Waals surface area contributed by atoms with Gasteiger partial charge in [0.05, 0.1) is 5.56 Å². The van der Waals surface area contributed by atoms with Crippen LogP contribution in [0.15, 0.2) is 197 Å². The molecular formula is C51H31N3O2. The second-order valence-corrected chi connectivity index (χ2v) is 14.0. The maximum atomic E-state index is 6.77. The maximum Gasteiger partial charge on any atom is 0.167 e. The monoisotopic (exact) mass is 717 g/mol. The zero-order valence-corrected chi connectivity index (χ0v) is 30.1. The molecule has 262 valence electrons. The van der Waals surface area contributed by atoms with E-state index >= 15 is 0 Å². The lowest BCUT2D eigenvalue weighted by molar-refractivity contribution is 0.669. The molecule has 0 spiro atoms. The molecule has 5 heteroatoms. The molecule has 0 fully saturated rings. The molecule has 11 aromatic rings. The quantitative estimate of drug-likeness (QED) is 0.171. The Labute approximate surface area is 322 Å². The Morgan fingerprint density at radius 3 is 1.45 bits per heavy atom.